The minimum Gasteiger partial charge on any atom is -0.468 e. The SMILES string of the molecule is COC(=O)C1CCCCN1CC(O)c1ccccc1. The number of carbonyl (C=O) groups excluding carboxylic acids is 1. The van der Waals surface area contributed by atoms with Gasteiger partial charge in [0, 0.05) is 6.54 Å². The number of ether oxygens (including phenoxy) is 1. The molecule has 0 amide bonds. The number of nitrogens with zero attached hydrogens (tertiary/aromatic N) is 1. The summed E-state index contributed by atoms with van der Waals surface area (Å²) in [5.41, 5.74) is 0.886. The molecule has 4 nitrogen and oxygen atoms in total. The van der Waals surface area contributed by atoms with E-state index in [9.17, 15) is 9.90 Å². The summed E-state index contributed by atoms with van der Waals surface area (Å²) >= 11 is 0. The first kappa shape index (κ1) is 14.0. The van der Waals surface area contributed by atoms with Crippen molar-refractivity contribution in [1.29, 1.82) is 0 Å². The number of aliphatic hydroxyl groups excluding tert-OH is 1. The normalized spacial score (nSPS) is 21.9. The fourth-order valence-electron chi connectivity index (χ4n) is 2.62. The molecule has 1 aliphatic rings. The first-order valence-electron chi connectivity index (χ1n) is 6.77. The third-order valence-corrected chi connectivity index (χ3v) is 3.68. The Morgan fingerprint density at radius 2 is 2.16 bits per heavy atom. The van der Waals surface area contributed by atoms with Crippen LogP contribution in [0, 0.1) is 0 Å². The van der Waals surface area contributed by atoms with E-state index in [1.807, 2.05) is 35.2 Å². The van der Waals surface area contributed by atoms with Crippen molar-refractivity contribution in [1.82, 2.24) is 4.90 Å². The fourth-order valence-corrected chi connectivity index (χ4v) is 2.62. The summed E-state index contributed by atoms with van der Waals surface area (Å²) < 4.78 is 4.84. The third-order valence-electron chi connectivity index (χ3n) is 3.68. The third kappa shape index (κ3) is 3.55. The molecule has 19 heavy (non-hydrogen) atoms. The van der Waals surface area contributed by atoms with Gasteiger partial charge in [-0.3, -0.25) is 9.69 Å². The van der Waals surface area contributed by atoms with Gasteiger partial charge in [0.05, 0.1) is 13.2 Å². The molecule has 0 spiro atoms. The summed E-state index contributed by atoms with van der Waals surface area (Å²) in [5.74, 6) is -0.194. The number of aliphatic hydroxyl groups is 1. The van der Waals surface area contributed by atoms with Crippen molar-refractivity contribution in [3.8, 4) is 0 Å². The van der Waals surface area contributed by atoms with Gasteiger partial charge in [0.1, 0.15) is 6.04 Å². The first-order chi connectivity index (χ1) is 9.22. The topological polar surface area (TPSA) is 49.8 Å². The molecular weight excluding hydrogens is 242 g/mol. The molecule has 4 heteroatoms. The largest absolute Gasteiger partial charge is 0.468 e. The van der Waals surface area contributed by atoms with Crippen LogP contribution >= 0.6 is 0 Å². The molecule has 1 N–H and O–H groups in total. The Morgan fingerprint density at radius 1 is 1.42 bits per heavy atom. The van der Waals surface area contributed by atoms with E-state index in [4.69, 9.17) is 4.74 Å². The van der Waals surface area contributed by atoms with Crippen molar-refractivity contribution in [3.05, 3.63) is 35.9 Å². The summed E-state index contributed by atoms with van der Waals surface area (Å²) in [6.45, 7) is 1.31. The number of carbonyl (C=O) groups is 1. The highest BCUT2D eigenvalue weighted by Gasteiger charge is 2.30. The van der Waals surface area contributed by atoms with Crippen LogP contribution < -0.4 is 0 Å². The maximum atomic E-state index is 11.7. The van der Waals surface area contributed by atoms with Crippen molar-refractivity contribution in [2.45, 2.75) is 31.4 Å². The Hall–Kier alpha value is -1.39. The molecule has 0 bridgehead atoms. The molecule has 0 aromatic heterocycles. The second-order valence-electron chi connectivity index (χ2n) is 4.96. The van der Waals surface area contributed by atoms with Gasteiger partial charge in [-0.2, -0.15) is 0 Å². The van der Waals surface area contributed by atoms with E-state index in [2.05, 4.69) is 0 Å². The molecule has 1 aliphatic heterocycles. The zero-order valence-corrected chi connectivity index (χ0v) is 11.3. The van der Waals surface area contributed by atoms with Gasteiger partial charge in [-0.05, 0) is 24.9 Å². The molecule has 0 aliphatic carbocycles. The minimum atomic E-state index is -0.563. The number of piperidine rings is 1. The van der Waals surface area contributed by atoms with Gasteiger partial charge in [0.25, 0.3) is 0 Å². The summed E-state index contributed by atoms with van der Waals surface area (Å²) in [5, 5.41) is 10.3. The van der Waals surface area contributed by atoms with Gasteiger partial charge >= 0.3 is 5.97 Å². The molecule has 2 unspecified atom stereocenters. The Morgan fingerprint density at radius 3 is 2.84 bits per heavy atom. The zero-order valence-electron chi connectivity index (χ0n) is 11.3. The maximum Gasteiger partial charge on any atom is 0.323 e. The second kappa shape index (κ2) is 6.68. The molecule has 1 aromatic carbocycles. The number of benzene rings is 1. The van der Waals surface area contributed by atoms with Crippen LogP contribution in [0.15, 0.2) is 30.3 Å². The highest BCUT2D eigenvalue weighted by molar-refractivity contribution is 5.75. The lowest BCUT2D eigenvalue weighted by atomic mass is 10.0. The van der Waals surface area contributed by atoms with Crippen LogP contribution in [-0.4, -0.2) is 42.2 Å². The number of hydrogen-bond donors (Lipinski definition) is 1. The highest BCUT2D eigenvalue weighted by atomic mass is 16.5. The Balaban J connectivity index is 2.01. The monoisotopic (exact) mass is 263 g/mol. The number of esters is 1. The summed E-state index contributed by atoms with van der Waals surface area (Å²) in [4.78, 5) is 13.8. The summed E-state index contributed by atoms with van der Waals surface area (Å²) in [6, 6.07) is 9.34. The quantitative estimate of drug-likeness (QED) is 0.841. The van der Waals surface area contributed by atoms with Gasteiger partial charge in [-0.15, -0.1) is 0 Å². The molecule has 2 rings (SSSR count). The lowest BCUT2D eigenvalue weighted by molar-refractivity contribution is -0.148. The second-order valence-corrected chi connectivity index (χ2v) is 4.96. The zero-order chi connectivity index (χ0) is 13.7. The van der Waals surface area contributed by atoms with Crippen LogP contribution in [0.4, 0.5) is 0 Å². The summed E-state index contributed by atoms with van der Waals surface area (Å²) in [6.07, 6.45) is 2.35. The van der Waals surface area contributed by atoms with Gasteiger partial charge < -0.3 is 9.84 Å². The van der Waals surface area contributed by atoms with Crippen LogP contribution in [0.25, 0.3) is 0 Å². The lowest BCUT2D eigenvalue weighted by Crippen LogP contribution is -2.46. The molecule has 0 radical (unpaired) electrons. The fraction of sp³-hybridized carbons (Fsp3) is 0.533. The highest BCUT2D eigenvalue weighted by Crippen LogP contribution is 2.22. The molecule has 1 heterocycles. The van der Waals surface area contributed by atoms with E-state index < -0.39 is 6.10 Å². The van der Waals surface area contributed by atoms with Gasteiger partial charge in [-0.1, -0.05) is 36.8 Å². The Kier molecular flexibility index (Phi) is 4.93. The predicted molar refractivity (Wildman–Crippen MR) is 72.6 cm³/mol. The van der Waals surface area contributed by atoms with E-state index >= 15 is 0 Å². The number of methoxy groups -OCH3 is 1. The lowest BCUT2D eigenvalue weighted by Gasteiger charge is -2.35. The molecule has 104 valence electrons. The average Bonchev–Trinajstić information content (AvgIpc) is 2.48. The molecular formula is C15H21NO3. The van der Waals surface area contributed by atoms with E-state index in [0.717, 1.165) is 31.4 Å². The standard InChI is InChI=1S/C15H21NO3/c1-19-15(18)13-9-5-6-10-16(13)11-14(17)12-7-3-2-4-8-12/h2-4,7-8,13-14,17H,5-6,9-11H2,1H3. The maximum absolute atomic E-state index is 11.7. The van der Waals surface area contributed by atoms with Gasteiger partial charge in [-0.25, -0.2) is 0 Å². The average molecular weight is 263 g/mol. The first-order valence-corrected chi connectivity index (χ1v) is 6.77. The molecule has 1 saturated heterocycles. The Labute approximate surface area is 114 Å². The minimum absolute atomic E-state index is 0.194. The van der Waals surface area contributed by atoms with Gasteiger partial charge in [0.2, 0.25) is 0 Å². The molecule has 0 saturated carbocycles. The van der Waals surface area contributed by atoms with Crippen molar-refractivity contribution in [3.63, 3.8) is 0 Å². The van der Waals surface area contributed by atoms with E-state index in [-0.39, 0.29) is 12.0 Å². The van der Waals surface area contributed by atoms with Crippen LogP contribution in [0.1, 0.15) is 30.9 Å². The number of hydrogen-bond acceptors (Lipinski definition) is 4. The molecule has 2 atom stereocenters. The van der Waals surface area contributed by atoms with E-state index in [1.165, 1.54) is 7.11 Å². The number of β-amino-alcohol motifs (C(OH)–C–C–N with tert-alkyl or cyclic N) is 1. The number of likely N-dealkylation sites (tertiary alicyclic amines) is 1. The van der Waals surface area contributed by atoms with Crippen LogP contribution in [0.3, 0.4) is 0 Å². The number of rotatable bonds is 4. The summed E-state index contributed by atoms with van der Waals surface area (Å²) in [7, 11) is 1.42. The van der Waals surface area contributed by atoms with Crippen LogP contribution in [0.2, 0.25) is 0 Å². The van der Waals surface area contributed by atoms with E-state index in [1.54, 1.807) is 0 Å². The smallest absolute Gasteiger partial charge is 0.323 e. The van der Waals surface area contributed by atoms with Crippen molar-refractivity contribution in [2.24, 2.45) is 0 Å². The van der Waals surface area contributed by atoms with Crippen molar-refractivity contribution < 1.29 is 14.6 Å². The van der Waals surface area contributed by atoms with Crippen LogP contribution in [-0.2, 0) is 9.53 Å². The van der Waals surface area contributed by atoms with Crippen molar-refractivity contribution >= 4 is 5.97 Å². The van der Waals surface area contributed by atoms with Crippen molar-refractivity contribution in [2.75, 3.05) is 20.2 Å². The predicted octanol–water partition coefficient (Wildman–Crippen LogP) is 1.75. The Bertz CT molecular complexity index is 407. The van der Waals surface area contributed by atoms with Gasteiger partial charge in [0.15, 0.2) is 0 Å². The molecule has 1 fully saturated rings. The van der Waals surface area contributed by atoms with Crippen LogP contribution in [0.5, 0.6) is 0 Å². The van der Waals surface area contributed by atoms with E-state index in [0.29, 0.717) is 6.54 Å². The molecule has 1 aromatic rings.